The predicted octanol–water partition coefficient (Wildman–Crippen LogP) is 5.44. The molecule has 7 nitrogen and oxygen atoms in total. The molecule has 1 saturated heterocycles. The summed E-state index contributed by atoms with van der Waals surface area (Å²) in [5.74, 6) is -0.657. The summed E-state index contributed by atoms with van der Waals surface area (Å²) in [4.78, 5) is 25.6. The molecule has 2 N–H and O–H groups in total. The topological polar surface area (TPSA) is 95.6 Å². The van der Waals surface area contributed by atoms with E-state index in [1.165, 1.54) is 28.6 Å². The Kier molecular flexibility index (Phi) is 9.33. The lowest BCUT2D eigenvalue weighted by Crippen LogP contribution is -2.48. The van der Waals surface area contributed by atoms with Gasteiger partial charge in [-0.25, -0.2) is 8.42 Å². The van der Waals surface area contributed by atoms with E-state index >= 15 is 0 Å². The minimum absolute atomic E-state index is 0.0415. The molecule has 200 valence electrons. The highest BCUT2D eigenvalue weighted by molar-refractivity contribution is 7.89. The highest BCUT2D eigenvalue weighted by Crippen LogP contribution is 2.27. The molecule has 0 unspecified atom stereocenters. The molecule has 1 atom stereocenters. The fourth-order valence-electron chi connectivity index (χ4n) is 4.22. The molecular formula is C27H26Cl3N3O4S. The second-order valence-corrected chi connectivity index (χ2v) is 12.0. The van der Waals surface area contributed by atoms with Crippen LogP contribution in [0.15, 0.2) is 71.6 Å². The van der Waals surface area contributed by atoms with Crippen molar-refractivity contribution in [2.24, 2.45) is 0 Å². The number of halogens is 3. The van der Waals surface area contributed by atoms with Gasteiger partial charge in [0.25, 0.3) is 5.91 Å². The monoisotopic (exact) mass is 593 g/mol. The minimum Gasteiger partial charge on any atom is -0.355 e. The zero-order chi connectivity index (χ0) is 27.3. The van der Waals surface area contributed by atoms with Crippen LogP contribution in [0.3, 0.4) is 0 Å². The van der Waals surface area contributed by atoms with E-state index in [1.807, 2.05) is 0 Å². The minimum atomic E-state index is -4.03. The zero-order valence-electron chi connectivity index (χ0n) is 20.3. The lowest BCUT2D eigenvalue weighted by Gasteiger charge is -2.29. The molecule has 0 radical (unpaired) electrons. The lowest BCUT2D eigenvalue weighted by atomic mass is 10.1. The molecular weight excluding hydrogens is 569 g/mol. The molecule has 0 aliphatic carbocycles. The zero-order valence-corrected chi connectivity index (χ0v) is 23.4. The van der Waals surface area contributed by atoms with Crippen LogP contribution in [0, 0.1) is 0 Å². The maximum absolute atomic E-state index is 13.7. The van der Waals surface area contributed by atoms with Crippen LogP contribution in [-0.2, 0) is 27.9 Å². The van der Waals surface area contributed by atoms with Gasteiger partial charge >= 0.3 is 0 Å². The van der Waals surface area contributed by atoms with Crippen LogP contribution in [0.5, 0.6) is 0 Å². The Morgan fingerprint density at radius 3 is 2.26 bits per heavy atom. The number of benzene rings is 3. The molecule has 1 fully saturated rings. The van der Waals surface area contributed by atoms with E-state index in [2.05, 4.69) is 10.6 Å². The van der Waals surface area contributed by atoms with E-state index in [-0.39, 0.29) is 29.8 Å². The second-order valence-electron chi connectivity index (χ2n) is 8.89. The highest BCUT2D eigenvalue weighted by Gasteiger charge is 2.36. The number of hydrogen-bond acceptors (Lipinski definition) is 4. The summed E-state index contributed by atoms with van der Waals surface area (Å²) in [6.45, 7) is 0.622. The first-order valence-corrected chi connectivity index (χ1v) is 14.6. The Morgan fingerprint density at radius 2 is 1.61 bits per heavy atom. The Balaban J connectivity index is 1.55. The van der Waals surface area contributed by atoms with E-state index in [1.54, 1.807) is 42.5 Å². The molecule has 2 amide bonds. The largest absolute Gasteiger partial charge is 0.355 e. The van der Waals surface area contributed by atoms with Gasteiger partial charge in [0.1, 0.15) is 6.04 Å². The van der Waals surface area contributed by atoms with Gasteiger partial charge in [-0.1, -0.05) is 53.0 Å². The smallest absolute Gasteiger partial charge is 0.251 e. The van der Waals surface area contributed by atoms with Crippen molar-refractivity contribution >= 4 is 56.6 Å². The molecule has 0 saturated carbocycles. The Bertz CT molecular complexity index is 1390. The third-order valence-corrected chi connectivity index (χ3v) is 9.15. The maximum atomic E-state index is 13.7. The van der Waals surface area contributed by atoms with Crippen molar-refractivity contribution in [3.05, 3.63) is 98.5 Å². The molecule has 11 heteroatoms. The molecule has 38 heavy (non-hydrogen) atoms. The molecule has 1 aliphatic heterocycles. The van der Waals surface area contributed by atoms with Crippen LogP contribution in [-0.4, -0.2) is 37.1 Å². The van der Waals surface area contributed by atoms with E-state index in [0.717, 1.165) is 6.42 Å². The molecule has 0 spiro atoms. The van der Waals surface area contributed by atoms with E-state index < -0.39 is 16.1 Å². The van der Waals surface area contributed by atoms with Crippen LogP contribution in [0.25, 0.3) is 0 Å². The van der Waals surface area contributed by atoms with Crippen molar-refractivity contribution < 1.29 is 18.0 Å². The number of rotatable bonds is 8. The molecule has 3 aromatic rings. The number of amides is 2. The van der Waals surface area contributed by atoms with E-state index in [0.29, 0.717) is 51.1 Å². The Hall–Kier alpha value is -2.62. The van der Waals surface area contributed by atoms with Gasteiger partial charge in [0.15, 0.2) is 0 Å². The first-order chi connectivity index (χ1) is 18.2. The molecule has 1 aliphatic rings. The van der Waals surface area contributed by atoms with Crippen molar-refractivity contribution in [3.63, 3.8) is 0 Å². The second kappa shape index (κ2) is 12.5. The molecule has 3 aromatic carbocycles. The third kappa shape index (κ3) is 6.68. The van der Waals surface area contributed by atoms with Crippen LogP contribution in [0.4, 0.5) is 0 Å². The molecule has 0 aromatic heterocycles. The first kappa shape index (κ1) is 28.4. The molecule has 1 heterocycles. The molecule has 4 rings (SSSR count). The SMILES string of the molecule is O=C(NCc1c(Cl)cccc1Cl)c1ccc(CN([C@@H]2CCCCNC2=O)S(=O)(=O)c2ccc(Cl)cc2)cc1. The first-order valence-electron chi connectivity index (χ1n) is 12.0. The highest BCUT2D eigenvalue weighted by atomic mass is 35.5. The summed E-state index contributed by atoms with van der Waals surface area (Å²) >= 11 is 18.3. The quantitative estimate of drug-likeness (QED) is 0.363. The third-order valence-electron chi connectivity index (χ3n) is 6.32. The fraction of sp³-hybridized carbons (Fsp3) is 0.259. The van der Waals surface area contributed by atoms with Crippen LogP contribution >= 0.6 is 34.8 Å². The Labute approximate surface area is 237 Å². The number of nitrogens with one attached hydrogen (secondary N) is 2. The number of sulfonamides is 1. The maximum Gasteiger partial charge on any atom is 0.251 e. The molecule has 0 bridgehead atoms. The van der Waals surface area contributed by atoms with E-state index in [9.17, 15) is 18.0 Å². The normalized spacial score (nSPS) is 16.1. The average molecular weight is 595 g/mol. The van der Waals surface area contributed by atoms with Gasteiger partial charge in [-0.2, -0.15) is 4.31 Å². The van der Waals surface area contributed by atoms with E-state index in [4.69, 9.17) is 34.8 Å². The summed E-state index contributed by atoms with van der Waals surface area (Å²) < 4.78 is 28.6. The van der Waals surface area contributed by atoms with Gasteiger partial charge in [-0.15, -0.1) is 0 Å². The van der Waals surface area contributed by atoms with Crippen molar-refractivity contribution in [3.8, 4) is 0 Å². The van der Waals surface area contributed by atoms with Crippen molar-refractivity contribution in [2.75, 3.05) is 6.54 Å². The summed E-state index contributed by atoms with van der Waals surface area (Å²) in [6.07, 6.45) is 1.90. The number of hydrogen-bond donors (Lipinski definition) is 2. The van der Waals surface area contributed by atoms with Crippen LogP contribution in [0.2, 0.25) is 15.1 Å². The van der Waals surface area contributed by atoms with Gasteiger partial charge in [-0.05, 0) is 73.4 Å². The van der Waals surface area contributed by atoms with Crippen LogP contribution in [0.1, 0.15) is 40.7 Å². The van der Waals surface area contributed by atoms with Gasteiger partial charge in [0.2, 0.25) is 15.9 Å². The number of carbonyl (C=O) groups is 2. The van der Waals surface area contributed by atoms with Crippen molar-refractivity contribution in [2.45, 2.75) is 43.3 Å². The van der Waals surface area contributed by atoms with Crippen molar-refractivity contribution in [1.82, 2.24) is 14.9 Å². The standard InChI is InChI=1S/C27H26Cl3N3O4S/c28-20-11-13-21(14-12-20)38(36,37)33(25-6-1-2-15-31-27(25)35)17-18-7-9-19(10-8-18)26(34)32-16-22-23(29)4-3-5-24(22)30/h3-5,7-14,25H,1-2,6,15-17H2,(H,31,35)(H,32,34)/t25-/m1/s1. The van der Waals surface area contributed by atoms with Crippen molar-refractivity contribution in [1.29, 1.82) is 0 Å². The lowest BCUT2D eigenvalue weighted by molar-refractivity contribution is -0.124. The summed E-state index contributed by atoms with van der Waals surface area (Å²) in [5.41, 5.74) is 1.63. The van der Waals surface area contributed by atoms with Crippen LogP contribution < -0.4 is 10.6 Å². The van der Waals surface area contributed by atoms with Gasteiger partial charge < -0.3 is 10.6 Å². The van der Waals surface area contributed by atoms with Gasteiger partial charge in [0, 0.05) is 45.8 Å². The fourth-order valence-corrected chi connectivity index (χ4v) is 6.48. The van der Waals surface area contributed by atoms with Gasteiger partial charge in [-0.3, -0.25) is 9.59 Å². The Morgan fingerprint density at radius 1 is 0.947 bits per heavy atom. The number of carbonyl (C=O) groups excluding carboxylic acids is 2. The predicted molar refractivity (Wildman–Crippen MR) is 149 cm³/mol. The summed E-state index contributed by atoms with van der Waals surface area (Å²) in [7, 11) is -4.03. The van der Waals surface area contributed by atoms with Gasteiger partial charge in [0.05, 0.1) is 4.90 Å². The average Bonchev–Trinajstić information content (AvgIpc) is 3.11. The summed E-state index contributed by atoms with van der Waals surface area (Å²) in [6, 6.07) is 16.7. The number of nitrogens with zero attached hydrogens (tertiary/aromatic N) is 1. The summed E-state index contributed by atoms with van der Waals surface area (Å²) in [5, 5.41) is 6.93.